The fourth-order valence-electron chi connectivity index (χ4n) is 7.22. The predicted molar refractivity (Wildman–Crippen MR) is 206 cm³/mol. The lowest BCUT2D eigenvalue weighted by Gasteiger charge is -2.36. The minimum Gasteiger partial charge on any atom is -0.455 e. The smallest absolute Gasteiger partial charge is 0.311 e. The third-order valence-electron chi connectivity index (χ3n) is 10.6. The number of anilines is 1. The number of likely N-dealkylation sites (tertiary alicyclic amines) is 1. The summed E-state index contributed by atoms with van der Waals surface area (Å²) < 4.78 is 11.4. The maximum absolute atomic E-state index is 14.1. The Hall–Kier alpha value is -3.84. The molecule has 1 aliphatic heterocycles. The number of amides is 3. The second kappa shape index (κ2) is 20.6. The van der Waals surface area contributed by atoms with E-state index in [-0.39, 0.29) is 66.0 Å². The maximum atomic E-state index is 14.1. The van der Waals surface area contributed by atoms with Crippen molar-refractivity contribution < 1.29 is 33.4 Å². The van der Waals surface area contributed by atoms with Crippen LogP contribution < -0.4 is 20.7 Å². The summed E-state index contributed by atoms with van der Waals surface area (Å²) in [7, 11) is 1.95. The van der Waals surface area contributed by atoms with Gasteiger partial charge in [0.15, 0.2) is 11.9 Å². The summed E-state index contributed by atoms with van der Waals surface area (Å²) in [6.07, 6.45) is 9.81. The molecule has 3 N–H and O–H groups in total. The number of thiazole rings is 1. The van der Waals surface area contributed by atoms with Crippen molar-refractivity contribution in [3.8, 4) is 5.75 Å². The number of nitrogens with zero attached hydrogens (tertiary/aromatic N) is 2. The number of carbonyl (C=O) groups excluding carboxylic acids is 5. The van der Waals surface area contributed by atoms with Crippen molar-refractivity contribution in [1.82, 2.24) is 20.5 Å². The molecular formula is C40H59N5O7S. The largest absolute Gasteiger partial charge is 0.455 e. The standard InChI is InChI=1S/C40H59N5O7S/c1-7-9-18-35(47)52-33-20-19-25(3)22-30(33)42-37(48)31-24-53-40(43-31)34(51-27(5)46)23-29(28-15-11-10-12-16-28)41-39(50)36(26(4)8-2)44-38(49)32-17-13-14-21-45(32)6/h19-20,22,24,26,28-29,32,34,36H,7-18,21,23H2,1-6H3,(H,41,50)(H,42,48)(H,44,49)/t26-,29+,32+,34+,36-/m0/s1. The number of likely N-dealkylation sites (N-methyl/N-ethyl adjacent to an activating group) is 1. The van der Waals surface area contributed by atoms with Crippen molar-refractivity contribution >= 4 is 46.7 Å². The van der Waals surface area contributed by atoms with Gasteiger partial charge in [-0.1, -0.05) is 65.4 Å². The Morgan fingerprint density at radius 2 is 1.75 bits per heavy atom. The second-order valence-corrected chi connectivity index (χ2v) is 15.7. The zero-order chi connectivity index (χ0) is 38.5. The number of piperidine rings is 1. The Morgan fingerprint density at radius 1 is 1.02 bits per heavy atom. The van der Waals surface area contributed by atoms with Crippen LogP contribution in [-0.2, 0) is 23.9 Å². The van der Waals surface area contributed by atoms with Crippen LogP contribution in [-0.4, -0.2) is 71.3 Å². The van der Waals surface area contributed by atoms with Crippen LogP contribution in [0.4, 0.5) is 5.69 Å². The molecule has 1 saturated heterocycles. The van der Waals surface area contributed by atoms with E-state index in [1.165, 1.54) is 18.3 Å². The molecule has 0 unspecified atom stereocenters. The quantitative estimate of drug-likeness (QED) is 0.116. The summed E-state index contributed by atoms with van der Waals surface area (Å²) in [5.41, 5.74) is 1.34. The number of unbranched alkanes of at least 4 members (excludes halogenated alkanes) is 1. The number of benzene rings is 1. The summed E-state index contributed by atoms with van der Waals surface area (Å²) in [6, 6.07) is 3.86. The van der Waals surface area contributed by atoms with Crippen molar-refractivity contribution in [3.05, 3.63) is 39.8 Å². The molecule has 1 aliphatic carbocycles. The van der Waals surface area contributed by atoms with E-state index < -0.39 is 24.0 Å². The van der Waals surface area contributed by atoms with Crippen LogP contribution >= 0.6 is 11.3 Å². The summed E-state index contributed by atoms with van der Waals surface area (Å²) in [4.78, 5) is 72.6. The van der Waals surface area contributed by atoms with E-state index in [9.17, 15) is 24.0 Å². The van der Waals surface area contributed by atoms with Crippen LogP contribution in [0.2, 0.25) is 0 Å². The van der Waals surface area contributed by atoms with Gasteiger partial charge in [0.05, 0.1) is 11.7 Å². The summed E-state index contributed by atoms with van der Waals surface area (Å²) in [6.45, 7) is 10.0. The highest BCUT2D eigenvalue weighted by molar-refractivity contribution is 7.09. The zero-order valence-corrected chi connectivity index (χ0v) is 33.1. The molecule has 0 spiro atoms. The first-order valence-electron chi connectivity index (χ1n) is 19.5. The van der Waals surface area contributed by atoms with E-state index >= 15 is 0 Å². The molecular weight excluding hydrogens is 695 g/mol. The van der Waals surface area contributed by atoms with Crippen molar-refractivity contribution in [2.75, 3.05) is 18.9 Å². The van der Waals surface area contributed by atoms with Crippen molar-refractivity contribution in [3.63, 3.8) is 0 Å². The lowest BCUT2D eigenvalue weighted by atomic mass is 9.81. The summed E-state index contributed by atoms with van der Waals surface area (Å²) in [5, 5.41) is 11.3. The van der Waals surface area contributed by atoms with E-state index in [4.69, 9.17) is 9.47 Å². The van der Waals surface area contributed by atoms with Crippen molar-refractivity contribution in [1.29, 1.82) is 0 Å². The second-order valence-electron chi connectivity index (χ2n) is 14.8. The third-order valence-corrected chi connectivity index (χ3v) is 11.5. The van der Waals surface area contributed by atoms with Gasteiger partial charge in [-0.15, -0.1) is 11.3 Å². The molecule has 5 atom stereocenters. The number of hydrogen-bond acceptors (Lipinski definition) is 10. The van der Waals surface area contributed by atoms with E-state index in [2.05, 4.69) is 25.8 Å². The maximum Gasteiger partial charge on any atom is 0.311 e. The first-order chi connectivity index (χ1) is 25.4. The molecule has 292 valence electrons. The van der Waals surface area contributed by atoms with Gasteiger partial charge in [-0.2, -0.15) is 0 Å². The van der Waals surface area contributed by atoms with Gasteiger partial charge < -0.3 is 25.4 Å². The van der Waals surface area contributed by atoms with Gasteiger partial charge in [0, 0.05) is 31.2 Å². The Morgan fingerprint density at radius 3 is 2.43 bits per heavy atom. The summed E-state index contributed by atoms with van der Waals surface area (Å²) in [5.74, 6) is -1.45. The lowest BCUT2D eigenvalue weighted by Crippen LogP contribution is -2.58. The topological polar surface area (TPSA) is 156 Å². The van der Waals surface area contributed by atoms with Gasteiger partial charge >= 0.3 is 11.9 Å². The SMILES string of the molecule is CCCCC(=O)Oc1ccc(C)cc1NC(=O)c1csc([C@@H](C[C@@H](NC(=O)[C@@H](NC(=O)[C@H]2CCCCN2C)[C@@H](C)CC)C2CCCCC2)OC(C)=O)n1. The fraction of sp³-hybridized carbons (Fsp3) is 0.650. The molecule has 3 amide bonds. The van der Waals surface area contributed by atoms with Crippen molar-refractivity contribution in [2.45, 2.75) is 142 Å². The molecule has 2 aromatic rings. The van der Waals surface area contributed by atoms with Gasteiger partial charge in [-0.3, -0.25) is 28.9 Å². The van der Waals surface area contributed by atoms with Crippen LogP contribution in [0.3, 0.4) is 0 Å². The van der Waals surface area contributed by atoms with E-state index in [1.807, 2.05) is 34.7 Å². The molecule has 2 fully saturated rings. The number of carbonyl (C=O) groups is 5. The molecule has 1 saturated carbocycles. The summed E-state index contributed by atoms with van der Waals surface area (Å²) >= 11 is 1.20. The van der Waals surface area contributed by atoms with Gasteiger partial charge in [0.1, 0.15) is 16.7 Å². The number of hydrogen-bond donors (Lipinski definition) is 3. The van der Waals surface area contributed by atoms with Gasteiger partial charge in [-0.05, 0) is 82.2 Å². The molecule has 53 heavy (non-hydrogen) atoms. The molecule has 12 nitrogen and oxygen atoms in total. The minimum absolute atomic E-state index is 0.0991. The highest BCUT2D eigenvalue weighted by Crippen LogP contribution is 2.34. The highest BCUT2D eigenvalue weighted by Gasteiger charge is 2.36. The van der Waals surface area contributed by atoms with E-state index in [0.29, 0.717) is 23.5 Å². The number of rotatable bonds is 17. The van der Waals surface area contributed by atoms with Crippen LogP contribution in [0.25, 0.3) is 0 Å². The van der Waals surface area contributed by atoms with Crippen LogP contribution in [0.1, 0.15) is 138 Å². The average molecular weight is 754 g/mol. The highest BCUT2D eigenvalue weighted by atomic mass is 32.1. The lowest BCUT2D eigenvalue weighted by molar-refractivity contribution is -0.147. The number of ether oxygens (including phenoxy) is 2. The normalized spacial score (nSPS) is 18.9. The molecule has 0 radical (unpaired) electrons. The number of aromatic nitrogens is 1. The average Bonchev–Trinajstić information content (AvgIpc) is 3.64. The Kier molecular flexibility index (Phi) is 16.3. The monoisotopic (exact) mass is 753 g/mol. The number of esters is 2. The zero-order valence-electron chi connectivity index (χ0n) is 32.3. The fourth-order valence-corrected chi connectivity index (χ4v) is 8.06. The van der Waals surface area contributed by atoms with Gasteiger partial charge in [0.25, 0.3) is 5.91 Å². The molecule has 0 bridgehead atoms. The molecule has 2 heterocycles. The van der Waals surface area contributed by atoms with Gasteiger partial charge in [0.2, 0.25) is 11.8 Å². The Balaban J connectivity index is 1.53. The third kappa shape index (κ3) is 12.3. The predicted octanol–water partition coefficient (Wildman–Crippen LogP) is 6.87. The van der Waals surface area contributed by atoms with Crippen LogP contribution in [0.5, 0.6) is 5.75 Å². The number of nitrogens with one attached hydrogen (secondary N) is 3. The van der Waals surface area contributed by atoms with Crippen LogP contribution in [0.15, 0.2) is 23.6 Å². The van der Waals surface area contributed by atoms with Crippen LogP contribution in [0, 0.1) is 18.8 Å². The molecule has 13 heteroatoms. The minimum atomic E-state index is -0.812. The first kappa shape index (κ1) is 41.9. The molecule has 4 rings (SSSR count). The van der Waals surface area contributed by atoms with Crippen molar-refractivity contribution in [2.24, 2.45) is 11.8 Å². The van der Waals surface area contributed by atoms with E-state index in [1.54, 1.807) is 23.6 Å². The molecule has 1 aromatic carbocycles. The first-order valence-corrected chi connectivity index (χ1v) is 20.3. The Labute approximate surface area is 318 Å². The molecule has 1 aromatic heterocycles. The van der Waals surface area contributed by atoms with Gasteiger partial charge in [-0.25, -0.2) is 4.98 Å². The Bertz CT molecular complexity index is 1560. The van der Waals surface area contributed by atoms with E-state index in [0.717, 1.165) is 69.9 Å². The number of aryl methyl sites for hydroxylation is 1. The molecule has 2 aliphatic rings.